The Kier molecular flexibility index (Phi) is 12.5. The van der Waals surface area contributed by atoms with E-state index in [0.717, 1.165) is 12.8 Å². The summed E-state index contributed by atoms with van der Waals surface area (Å²) in [6.07, 6.45) is 7.66. The number of hydrogen-bond acceptors (Lipinski definition) is 4. The summed E-state index contributed by atoms with van der Waals surface area (Å²) in [5.41, 5.74) is 6.54. The molecule has 0 fully saturated rings. The zero-order valence-corrected chi connectivity index (χ0v) is 15.7. The Morgan fingerprint density at radius 2 is 1.74 bits per heavy atom. The SMILES string of the molecule is CCCCCCCC[C@H](N)C(=O)OCc1cc(Cl)nc(Cl)c1.Cl. The van der Waals surface area contributed by atoms with Gasteiger partial charge in [-0.2, -0.15) is 0 Å². The number of halogens is 3. The fraction of sp³-hybridized carbons (Fsp3) is 0.625. The number of esters is 1. The molecule has 0 unspecified atom stereocenters. The van der Waals surface area contributed by atoms with Crippen molar-refractivity contribution in [1.82, 2.24) is 4.98 Å². The molecule has 0 aromatic carbocycles. The van der Waals surface area contributed by atoms with Crippen LogP contribution in [0.2, 0.25) is 10.3 Å². The smallest absolute Gasteiger partial charge is 0.323 e. The number of ether oxygens (including phenoxy) is 1. The number of hydrogen-bond donors (Lipinski definition) is 1. The van der Waals surface area contributed by atoms with E-state index in [-0.39, 0.29) is 29.3 Å². The highest BCUT2D eigenvalue weighted by Gasteiger charge is 2.15. The molecule has 0 aliphatic carbocycles. The second-order valence-corrected chi connectivity index (χ2v) is 6.17. The number of carbonyl (C=O) groups excluding carboxylic acids is 1. The molecule has 1 atom stereocenters. The Hall–Kier alpha value is -0.550. The average Bonchev–Trinajstić information content (AvgIpc) is 2.47. The van der Waals surface area contributed by atoms with Crippen LogP contribution in [-0.2, 0) is 16.1 Å². The standard InChI is InChI=1S/C16H24Cl2N2O2.ClH/c1-2-3-4-5-6-7-8-13(19)16(21)22-11-12-9-14(17)20-15(18)10-12;/h9-10,13H,2-8,11,19H2,1H3;1H/t13-;/m0./s1. The molecule has 0 saturated heterocycles. The second kappa shape index (κ2) is 12.8. The predicted molar refractivity (Wildman–Crippen MR) is 97.3 cm³/mol. The van der Waals surface area contributed by atoms with Crippen LogP contribution in [0, 0.1) is 0 Å². The quantitative estimate of drug-likeness (QED) is 0.353. The minimum absolute atomic E-state index is 0. The van der Waals surface area contributed by atoms with E-state index < -0.39 is 12.0 Å². The minimum Gasteiger partial charge on any atom is -0.460 e. The summed E-state index contributed by atoms with van der Waals surface area (Å²) in [5, 5.41) is 0.546. The zero-order valence-electron chi connectivity index (χ0n) is 13.4. The van der Waals surface area contributed by atoms with Gasteiger partial charge >= 0.3 is 5.97 Å². The van der Waals surface area contributed by atoms with Gasteiger partial charge in [-0.05, 0) is 24.1 Å². The first kappa shape index (κ1) is 22.4. The third-order valence-corrected chi connectivity index (χ3v) is 3.76. The number of unbranched alkanes of at least 4 members (excludes halogenated alkanes) is 5. The Labute approximate surface area is 154 Å². The minimum atomic E-state index is -0.570. The van der Waals surface area contributed by atoms with Gasteiger partial charge in [0.1, 0.15) is 23.0 Å². The molecule has 0 bridgehead atoms. The number of pyridine rings is 1. The molecule has 7 heteroatoms. The zero-order chi connectivity index (χ0) is 16.4. The summed E-state index contributed by atoms with van der Waals surface area (Å²) in [4.78, 5) is 15.7. The summed E-state index contributed by atoms with van der Waals surface area (Å²) in [7, 11) is 0. The number of rotatable bonds is 10. The van der Waals surface area contributed by atoms with E-state index in [4.69, 9.17) is 33.7 Å². The number of aromatic nitrogens is 1. The second-order valence-electron chi connectivity index (χ2n) is 5.39. The van der Waals surface area contributed by atoms with Crippen molar-refractivity contribution >= 4 is 41.6 Å². The van der Waals surface area contributed by atoms with E-state index in [0.29, 0.717) is 12.0 Å². The Bertz CT molecular complexity index is 452. The maximum atomic E-state index is 11.8. The van der Waals surface area contributed by atoms with Crippen molar-refractivity contribution in [3.8, 4) is 0 Å². The first-order valence-electron chi connectivity index (χ1n) is 7.77. The average molecular weight is 384 g/mol. The lowest BCUT2D eigenvalue weighted by molar-refractivity contribution is -0.146. The van der Waals surface area contributed by atoms with Gasteiger partial charge in [-0.15, -0.1) is 12.4 Å². The van der Waals surface area contributed by atoms with Gasteiger partial charge in [-0.1, -0.05) is 68.7 Å². The van der Waals surface area contributed by atoms with Crippen LogP contribution in [0.5, 0.6) is 0 Å². The molecular weight excluding hydrogens is 359 g/mol. The highest BCUT2D eigenvalue weighted by atomic mass is 35.5. The Morgan fingerprint density at radius 1 is 1.17 bits per heavy atom. The summed E-state index contributed by atoms with van der Waals surface area (Å²) < 4.78 is 5.19. The van der Waals surface area contributed by atoms with E-state index in [1.807, 2.05) is 0 Å². The van der Waals surface area contributed by atoms with Crippen LogP contribution in [-0.4, -0.2) is 17.0 Å². The van der Waals surface area contributed by atoms with Crippen molar-refractivity contribution in [2.75, 3.05) is 0 Å². The number of carbonyl (C=O) groups is 1. The van der Waals surface area contributed by atoms with Crippen molar-refractivity contribution < 1.29 is 9.53 Å². The van der Waals surface area contributed by atoms with Crippen molar-refractivity contribution in [2.45, 2.75) is 64.5 Å². The molecule has 0 radical (unpaired) electrons. The summed E-state index contributed by atoms with van der Waals surface area (Å²) in [6, 6.07) is 2.65. The van der Waals surface area contributed by atoms with Gasteiger partial charge in [0.25, 0.3) is 0 Å². The maximum absolute atomic E-state index is 11.8. The number of nitrogens with zero attached hydrogens (tertiary/aromatic N) is 1. The fourth-order valence-electron chi connectivity index (χ4n) is 2.12. The molecule has 0 spiro atoms. The molecule has 23 heavy (non-hydrogen) atoms. The lowest BCUT2D eigenvalue weighted by Crippen LogP contribution is -2.32. The normalized spacial score (nSPS) is 11.7. The highest BCUT2D eigenvalue weighted by molar-refractivity contribution is 6.32. The molecule has 2 N–H and O–H groups in total. The molecule has 1 aromatic rings. The molecule has 1 rings (SSSR count). The summed E-state index contributed by atoms with van der Waals surface area (Å²) in [5.74, 6) is -0.391. The number of nitrogens with two attached hydrogens (primary N) is 1. The third-order valence-electron chi connectivity index (χ3n) is 3.38. The molecule has 0 amide bonds. The van der Waals surface area contributed by atoms with Crippen molar-refractivity contribution in [3.63, 3.8) is 0 Å². The third kappa shape index (κ3) is 10.0. The van der Waals surface area contributed by atoms with Crippen LogP contribution >= 0.6 is 35.6 Å². The molecule has 1 aromatic heterocycles. The van der Waals surface area contributed by atoms with E-state index in [2.05, 4.69) is 11.9 Å². The van der Waals surface area contributed by atoms with Gasteiger partial charge in [0, 0.05) is 0 Å². The lowest BCUT2D eigenvalue weighted by Gasteiger charge is -2.11. The van der Waals surface area contributed by atoms with Crippen LogP contribution < -0.4 is 5.73 Å². The van der Waals surface area contributed by atoms with Crippen LogP contribution in [0.3, 0.4) is 0 Å². The summed E-state index contributed by atoms with van der Waals surface area (Å²) >= 11 is 11.6. The molecule has 4 nitrogen and oxygen atoms in total. The van der Waals surface area contributed by atoms with Gasteiger partial charge in [0.05, 0.1) is 0 Å². The summed E-state index contributed by atoms with van der Waals surface area (Å²) in [6.45, 7) is 2.29. The molecule has 0 aliphatic rings. The molecular formula is C16H25Cl3N2O2. The Balaban J connectivity index is 0.00000484. The lowest BCUT2D eigenvalue weighted by atomic mass is 10.1. The molecule has 1 heterocycles. The molecule has 0 saturated carbocycles. The van der Waals surface area contributed by atoms with Gasteiger partial charge < -0.3 is 10.5 Å². The van der Waals surface area contributed by atoms with Gasteiger partial charge in [-0.3, -0.25) is 4.79 Å². The highest BCUT2D eigenvalue weighted by Crippen LogP contribution is 2.16. The van der Waals surface area contributed by atoms with E-state index in [9.17, 15) is 4.79 Å². The van der Waals surface area contributed by atoms with Crippen LogP contribution in [0.4, 0.5) is 0 Å². The topological polar surface area (TPSA) is 65.2 Å². The largest absolute Gasteiger partial charge is 0.460 e. The van der Waals surface area contributed by atoms with E-state index >= 15 is 0 Å². The van der Waals surface area contributed by atoms with Crippen molar-refractivity contribution in [2.24, 2.45) is 5.73 Å². The molecule has 0 aliphatic heterocycles. The Morgan fingerprint density at radius 3 is 2.35 bits per heavy atom. The first-order valence-corrected chi connectivity index (χ1v) is 8.52. The van der Waals surface area contributed by atoms with Crippen molar-refractivity contribution in [3.05, 3.63) is 28.0 Å². The van der Waals surface area contributed by atoms with Gasteiger partial charge in [-0.25, -0.2) is 4.98 Å². The first-order chi connectivity index (χ1) is 10.5. The van der Waals surface area contributed by atoms with Crippen LogP contribution in [0.15, 0.2) is 12.1 Å². The van der Waals surface area contributed by atoms with Gasteiger partial charge in [0.2, 0.25) is 0 Å². The van der Waals surface area contributed by atoms with Crippen molar-refractivity contribution in [1.29, 1.82) is 0 Å². The van der Waals surface area contributed by atoms with E-state index in [1.165, 1.54) is 25.7 Å². The fourth-order valence-corrected chi connectivity index (χ4v) is 2.63. The maximum Gasteiger partial charge on any atom is 0.323 e. The van der Waals surface area contributed by atoms with E-state index in [1.54, 1.807) is 12.1 Å². The monoisotopic (exact) mass is 382 g/mol. The van der Waals surface area contributed by atoms with Crippen LogP contribution in [0.25, 0.3) is 0 Å². The van der Waals surface area contributed by atoms with Gasteiger partial charge in [0.15, 0.2) is 0 Å². The predicted octanol–water partition coefficient (Wildman–Crippen LogP) is 4.93. The molecule has 132 valence electrons. The van der Waals surface area contributed by atoms with Crippen LogP contribution in [0.1, 0.15) is 57.4 Å².